The van der Waals surface area contributed by atoms with Crippen LogP contribution in [0.5, 0.6) is 5.75 Å². The Morgan fingerprint density at radius 2 is 2.07 bits per heavy atom. The fraction of sp³-hybridized carbons (Fsp3) is 0.450. The smallest absolute Gasteiger partial charge is 0.410 e. The number of piperidine rings is 1. The number of pyridine rings is 1. The number of hydrogen-bond donors (Lipinski definition) is 1. The van der Waals surface area contributed by atoms with Crippen molar-refractivity contribution >= 4 is 22.9 Å². The van der Waals surface area contributed by atoms with Crippen molar-refractivity contribution in [3.05, 3.63) is 35.8 Å². The second kappa shape index (κ2) is 7.61. The molecule has 3 rings (SSSR count). The molecule has 1 aliphatic heterocycles. The van der Waals surface area contributed by atoms with E-state index in [9.17, 15) is 14.0 Å². The van der Waals surface area contributed by atoms with Crippen LogP contribution in [-0.4, -0.2) is 46.7 Å². The molecule has 2 N–H and O–H groups in total. The highest BCUT2D eigenvalue weighted by atomic mass is 19.1. The minimum atomic E-state index is -0.854. The zero-order valence-corrected chi connectivity index (χ0v) is 16.2. The summed E-state index contributed by atoms with van der Waals surface area (Å²) in [5, 5.41) is 0.444. The highest BCUT2D eigenvalue weighted by Gasteiger charge is 2.29. The van der Waals surface area contributed by atoms with E-state index >= 15 is 0 Å². The molecular weight excluding hydrogens is 365 g/mol. The fourth-order valence-electron chi connectivity index (χ4n) is 3.14. The average molecular weight is 389 g/mol. The Kier molecular flexibility index (Phi) is 5.40. The van der Waals surface area contributed by atoms with E-state index in [1.165, 1.54) is 18.3 Å². The third-order valence-corrected chi connectivity index (χ3v) is 4.38. The quantitative estimate of drug-likeness (QED) is 0.869. The molecule has 2 amide bonds. The van der Waals surface area contributed by atoms with Crippen LogP contribution < -0.4 is 10.5 Å². The highest BCUT2D eigenvalue weighted by molar-refractivity contribution is 5.98. The Labute approximate surface area is 162 Å². The number of nitrogens with zero attached hydrogens (tertiary/aromatic N) is 2. The SMILES string of the molecule is CC(C)(C)OC(=O)N1CCC[C@@H](Oc2ccnc3cc(C(N)=O)c(F)cc23)C1. The fourth-order valence-corrected chi connectivity index (χ4v) is 3.14. The second-order valence-corrected chi connectivity index (χ2v) is 7.83. The number of carbonyl (C=O) groups excluding carboxylic acids is 2. The predicted molar refractivity (Wildman–Crippen MR) is 102 cm³/mol. The van der Waals surface area contributed by atoms with E-state index in [1.54, 1.807) is 11.0 Å². The van der Waals surface area contributed by atoms with E-state index in [0.717, 1.165) is 12.8 Å². The van der Waals surface area contributed by atoms with Crippen molar-refractivity contribution in [3.63, 3.8) is 0 Å². The summed E-state index contributed by atoms with van der Waals surface area (Å²) in [7, 11) is 0. The van der Waals surface area contributed by atoms with Crippen LogP contribution in [0.1, 0.15) is 44.0 Å². The number of hydrogen-bond acceptors (Lipinski definition) is 5. The molecule has 2 aromatic rings. The van der Waals surface area contributed by atoms with E-state index in [1.807, 2.05) is 20.8 Å². The van der Waals surface area contributed by atoms with Gasteiger partial charge in [-0.15, -0.1) is 0 Å². The van der Waals surface area contributed by atoms with Crippen LogP contribution in [0.2, 0.25) is 0 Å². The van der Waals surface area contributed by atoms with Crippen molar-refractivity contribution in [1.82, 2.24) is 9.88 Å². The van der Waals surface area contributed by atoms with Crippen LogP contribution in [0, 0.1) is 5.82 Å². The summed E-state index contributed by atoms with van der Waals surface area (Å²) >= 11 is 0. The van der Waals surface area contributed by atoms with Crippen LogP contribution in [0.15, 0.2) is 24.4 Å². The number of benzene rings is 1. The Morgan fingerprint density at radius 1 is 1.32 bits per heavy atom. The number of aromatic nitrogens is 1. The number of carbonyl (C=O) groups is 2. The Morgan fingerprint density at radius 3 is 2.75 bits per heavy atom. The molecule has 0 aliphatic carbocycles. The number of amides is 2. The Hall–Kier alpha value is -2.90. The van der Waals surface area contributed by atoms with Crippen LogP contribution >= 0.6 is 0 Å². The molecular formula is C20H24FN3O4. The topological polar surface area (TPSA) is 94.8 Å². The number of ether oxygens (including phenoxy) is 2. The maximum Gasteiger partial charge on any atom is 0.410 e. The van der Waals surface area contributed by atoms with E-state index in [2.05, 4.69) is 4.98 Å². The maximum absolute atomic E-state index is 14.2. The van der Waals surface area contributed by atoms with Crippen molar-refractivity contribution in [1.29, 1.82) is 0 Å². The number of halogens is 1. The number of likely N-dealkylation sites (tertiary alicyclic amines) is 1. The summed E-state index contributed by atoms with van der Waals surface area (Å²) in [5.41, 5.74) is 4.82. The molecule has 0 spiro atoms. The molecule has 0 unspecified atom stereocenters. The summed E-state index contributed by atoms with van der Waals surface area (Å²) in [4.78, 5) is 29.4. The van der Waals surface area contributed by atoms with Crippen molar-refractivity contribution in [2.24, 2.45) is 5.73 Å². The summed E-state index contributed by atoms with van der Waals surface area (Å²) in [5.74, 6) is -1.14. The van der Waals surface area contributed by atoms with Crippen molar-refractivity contribution in [2.45, 2.75) is 45.3 Å². The molecule has 0 saturated carbocycles. The first-order chi connectivity index (χ1) is 13.1. The Balaban J connectivity index is 1.79. The summed E-state index contributed by atoms with van der Waals surface area (Å²) in [6.45, 7) is 6.44. The zero-order chi connectivity index (χ0) is 20.5. The lowest BCUT2D eigenvalue weighted by Crippen LogP contribution is -2.46. The molecule has 1 aromatic heterocycles. The van der Waals surface area contributed by atoms with Crippen molar-refractivity contribution in [2.75, 3.05) is 13.1 Å². The largest absolute Gasteiger partial charge is 0.488 e. The first-order valence-corrected chi connectivity index (χ1v) is 9.17. The lowest BCUT2D eigenvalue weighted by Gasteiger charge is -2.34. The van der Waals surface area contributed by atoms with Gasteiger partial charge in [-0.1, -0.05) is 0 Å². The highest BCUT2D eigenvalue weighted by Crippen LogP contribution is 2.29. The summed E-state index contributed by atoms with van der Waals surface area (Å²) in [6, 6.07) is 4.15. The van der Waals surface area contributed by atoms with E-state index in [-0.39, 0.29) is 17.8 Å². The number of nitrogens with two attached hydrogens (primary N) is 1. The van der Waals surface area contributed by atoms with E-state index in [0.29, 0.717) is 29.7 Å². The molecule has 1 aliphatic rings. The zero-order valence-electron chi connectivity index (χ0n) is 16.2. The molecule has 1 aromatic carbocycles. The first kappa shape index (κ1) is 19.9. The molecule has 0 radical (unpaired) electrons. The predicted octanol–water partition coefficient (Wildman–Crippen LogP) is 3.25. The van der Waals surface area contributed by atoms with Crippen LogP contribution in [-0.2, 0) is 4.74 Å². The molecule has 1 atom stereocenters. The molecule has 0 bridgehead atoms. The van der Waals surface area contributed by atoms with Gasteiger partial charge in [0, 0.05) is 18.1 Å². The van der Waals surface area contributed by atoms with Gasteiger partial charge in [0.15, 0.2) is 0 Å². The van der Waals surface area contributed by atoms with Gasteiger partial charge in [0.1, 0.15) is 23.3 Å². The van der Waals surface area contributed by atoms with Gasteiger partial charge >= 0.3 is 6.09 Å². The minimum Gasteiger partial charge on any atom is -0.488 e. The van der Waals surface area contributed by atoms with Gasteiger partial charge in [-0.3, -0.25) is 9.78 Å². The van der Waals surface area contributed by atoms with Gasteiger partial charge in [0.05, 0.1) is 17.6 Å². The molecule has 1 fully saturated rings. The number of primary amides is 1. The minimum absolute atomic E-state index is 0.217. The van der Waals surface area contributed by atoms with E-state index in [4.69, 9.17) is 15.2 Å². The number of rotatable bonds is 3. The average Bonchev–Trinajstić information content (AvgIpc) is 2.60. The van der Waals surface area contributed by atoms with Crippen molar-refractivity contribution < 1.29 is 23.5 Å². The van der Waals surface area contributed by atoms with Crippen LogP contribution in [0.3, 0.4) is 0 Å². The molecule has 2 heterocycles. The number of fused-ring (bicyclic) bond motifs is 1. The molecule has 1 saturated heterocycles. The van der Waals surface area contributed by atoms with Gasteiger partial charge in [-0.2, -0.15) is 0 Å². The van der Waals surface area contributed by atoms with Gasteiger partial charge in [-0.05, 0) is 51.8 Å². The van der Waals surface area contributed by atoms with E-state index < -0.39 is 17.3 Å². The molecule has 28 heavy (non-hydrogen) atoms. The first-order valence-electron chi connectivity index (χ1n) is 9.17. The standard InChI is InChI=1S/C20H24FN3O4/c1-20(2,3)28-19(26)24-8-4-5-12(11-24)27-17-6-7-23-16-10-13(18(22)25)15(21)9-14(16)17/h6-7,9-10,12H,4-5,8,11H2,1-3H3,(H2,22,25)/t12-/m1/s1. The monoisotopic (exact) mass is 389 g/mol. The Bertz CT molecular complexity index is 910. The third kappa shape index (κ3) is 4.49. The van der Waals surface area contributed by atoms with Crippen molar-refractivity contribution in [3.8, 4) is 5.75 Å². The third-order valence-electron chi connectivity index (χ3n) is 4.38. The molecule has 8 heteroatoms. The molecule has 150 valence electrons. The molecule has 7 nitrogen and oxygen atoms in total. The maximum atomic E-state index is 14.2. The second-order valence-electron chi connectivity index (χ2n) is 7.83. The van der Waals surface area contributed by atoms with Crippen LogP contribution in [0.4, 0.5) is 9.18 Å². The van der Waals surface area contributed by atoms with Gasteiger partial charge in [-0.25, -0.2) is 9.18 Å². The van der Waals surface area contributed by atoms with Crippen LogP contribution in [0.25, 0.3) is 10.9 Å². The normalized spacial score (nSPS) is 17.4. The van der Waals surface area contributed by atoms with Gasteiger partial charge in [0.2, 0.25) is 0 Å². The lowest BCUT2D eigenvalue weighted by molar-refractivity contribution is 0.00793. The lowest BCUT2D eigenvalue weighted by atomic mass is 10.1. The summed E-state index contributed by atoms with van der Waals surface area (Å²) < 4.78 is 25.7. The van der Waals surface area contributed by atoms with Gasteiger partial charge < -0.3 is 20.1 Å². The summed E-state index contributed by atoms with van der Waals surface area (Å²) in [6.07, 6.45) is 2.41. The van der Waals surface area contributed by atoms with Gasteiger partial charge in [0.25, 0.3) is 5.91 Å².